The second-order valence-electron chi connectivity index (χ2n) is 5.08. The van der Waals surface area contributed by atoms with Gasteiger partial charge in [0.1, 0.15) is 0 Å². The van der Waals surface area contributed by atoms with Gasteiger partial charge in [-0.15, -0.1) is 0 Å². The Balaban J connectivity index is 2.12. The average molecular weight is 278 g/mol. The summed E-state index contributed by atoms with van der Waals surface area (Å²) in [5.41, 5.74) is 1.76. The molecule has 1 fully saturated rings. The molecule has 0 N–H and O–H groups in total. The van der Waals surface area contributed by atoms with Crippen LogP contribution in [-0.4, -0.2) is 37.4 Å². The molecule has 1 heterocycles. The molecule has 102 valence electrons. The van der Waals surface area contributed by atoms with E-state index in [1.54, 1.807) is 19.1 Å². The molecular formula is C14H18N2O2S. The minimum Gasteiger partial charge on any atom is -0.294 e. The van der Waals surface area contributed by atoms with Gasteiger partial charge in [0.25, 0.3) is 0 Å². The highest BCUT2D eigenvalue weighted by atomic mass is 32.2. The van der Waals surface area contributed by atoms with Gasteiger partial charge >= 0.3 is 0 Å². The van der Waals surface area contributed by atoms with Crippen molar-refractivity contribution in [3.8, 4) is 6.07 Å². The number of nitrogens with zero attached hydrogens (tertiary/aromatic N) is 2. The van der Waals surface area contributed by atoms with Crippen molar-refractivity contribution in [2.75, 3.05) is 18.8 Å². The summed E-state index contributed by atoms with van der Waals surface area (Å²) in [5.74, 6) is 0.231. The Morgan fingerprint density at radius 1 is 1.37 bits per heavy atom. The van der Waals surface area contributed by atoms with E-state index in [1.807, 2.05) is 12.1 Å². The maximum absolute atomic E-state index is 11.7. The van der Waals surface area contributed by atoms with Crippen LogP contribution in [-0.2, 0) is 9.84 Å². The molecule has 1 aromatic carbocycles. The maximum Gasteiger partial charge on any atom is 0.155 e. The molecule has 0 amide bonds. The number of hydrogen-bond acceptors (Lipinski definition) is 4. The van der Waals surface area contributed by atoms with Crippen molar-refractivity contribution in [1.82, 2.24) is 4.90 Å². The zero-order chi connectivity index (χ0) is 14.0. The van der Waals surface area contributed by atoms with Gasteiger partial charge < -0.3 is 0 Å². The third kappa shape index (κ3) is 2.96. The molecule has 2 rings (SSSR count). The lowest BCUT2D eigenvalue weighted by Gasteiger charge is -2.35. The van der Waals surface area contributed by atoms with Crippen molar-refractivity contribution in [2.45, 2.75) is 25.1 Å². The number of sulfone groups is 1. The van der Waals surface area contributed by atoms with E-state index in [4.69, 9.17) is 5.26 Å². The molecule has 0 aromatic heterocycles. The Hall–Kier alpha value is -1.38. The molecule has 1 aliphatic rings. The van der Waals surface area contributed by atoms with Crippen LogP contribution in [0, 0.1) is 11.3 Å². The first-order chi connectivity index (χ1) is 8.94. The summed E-state index contributed by atoms with van der Waals surface area (Å²) in [5, 5.41) is 8.48. The highest BCUT2D eigenvalue weighted by Gasteiger charge is 2.31. The fourth-order valence-corrected chi connectivity index (χ4v) is 3.69. The highest BCUT2D eigenvalue weighted by molar-refractivity contribution is 7.92. The molecular weight excluding hydrogens is 260 g/mol. The van der Waals surface area contributed by atoms with E-state index in [0.717, 1.165) is 5.56 Å². The van der Waals surface area contributed by atoms with Crippen molar-refractivity contribution in [2.24, 2.45) is 0 Å². The van der Waals surface area contributed by atoms with Gasteiger partial charge in [0, 0.05) is 19.1 Å². The van der Waals surface area contributed by atoms with Crippen molar-refractivity contribution in [1.29, 1.82) is 5.26 Å². The van der Waals surface area contributed by atoms with Gasteiger partial charge in [-0.05, 0) is 31.5 Å². The molecule has 0 spiro atoms. The van der Waals surface area contributed by atoms with E-state index in [1.165, 1.54) is 0 Å². The monoisotopic (exact) mass is 278 g/mol. The van der Waals surface area contributed by atoms with E-state index in [9.17, 15) is 8.42 Å². The minimum atomic E-state index is -2.91. The quantitative estimate of drug-likeness (QED) is 0.826. The molecule has 0 saturated carbocycles. The van der Waals surface area contributed by atoms with Gasteiger partial charge in [-0.3, -0.25) is 4.90 Å². The van der Waals surface area contributed by atoms with Crippen LogP contribution in [0.1, 0.15) is 31.0 Å². The molecule has 0 aliphatic carbocycles. The summed E-state index contributed by atoms with van der Waals surface area (Å²) >= 11 is 0. The summed E-state index contributed by atoms with van der Waals surface area (Å²) in [4.78, 5) is 2.19. The van der Waals surface area contributed by atoms with Gasteiger partial charge in [0.05, 0.1) is 22.6 Å². The molecule has 4 nitrogen and oxygen atoms in total. The van der Waals surface area contributed by atoms with Gasteiger partial charge in [0.15, 0.2) is 9.84 Å². The predicted octanol–water partition coefficient (Wildman–Crippen LogP) is 1.74. The molecule has 1 aromatic rings. The first kappa shape index (κ1) is 14.0. The first-order valence-corrected chi connectivity index (χ1v) is 8.11. The fourth-order valence-electron chi connectivity index (χ4n) is 2.38. The lowest BCUT2D eigenvalue weighted by molar-refractivity contribution is 0.215. The Morgan fingerprint density at radius 3 is 2.53 bits per heavy atom. The van der Waals surface area contributed by atoms with Crippen LogP contribution in [0.15, 0.2) is 24.3 Å². The summed E-state index contributed by atoms with van der Waals surface area (Å²) < 4.78 is 23.4. The largest absolute Gasteiger partial charge is 0.294 e. The average Bonchev–Trinajstić information content (AvgIpc) is 2.41. The third-order valence-corrected chi connectivity index (χ3v) is 5.96. The summed E-state index contributed by atoms with van der Waals surface area (Å²) in [6.07, 6.45) is 0. The Labute approximate surface area is 114 Å². The summed E-state index contributed by atoms with van der Waals surface area (Å²) in [7, 11) is -2.91. The van der Waals surface area contributed by atoms with Crippen LogP contribution in [0.2, 0.25) is 0 Å². The lowest BCUT2D eigenvalue weighted by atomic mass is 10.0. The first-order valence-electron chi connectivity index (χ1n) is 6.39. The standard InChI is InChI=1S/C14H18N2O2S/c1-11-10-16(7-8-19(11,17)18)12(2)14-5-3-13(9-15)4-6-14/h3-6,11-12H,7-8,10H2,1-2H3. The molecule has 1 saturated heterocycles. The predicted molar refractivity (Wildman–Crippen MR) is 74.4 cm³/mol. The van der Waals surface area contributed by atoms with E-state index >= 15 is 0 Å². The van der Waals surface area contributed by atoms with Crippen molar-refractivity contribution >= 4 is 9.84 Å². The molecule has 2 atom stereocenters. The number of rotatable bonds is 2. The summed E-state index contributed by atoms with van der Waals surface area (Å²) in [6.45, 7) is 5.00. The van der Waals surface area contributed by atoms with E-state index in [-0.39, 0.29) is 17.0 Å². The van der Waals surface area contributed by atoms with Gasteiger partial charge in [-0.2, -0.15) is 5.26 Å². The second kappa shape index (κ2) is 5.32. The van der Waals surface area contributed by atoms with Crippen molar-refractivity contribution in [3.63, 3.8) is 0 Å². The normalized spacial score (nSPS) is 24.6. The SMILES string of the molecule is CC(c1ccc(C#N)cc1)N1CCS(=O)(=O)C(C)C1. The molecule has 0 radical (unpaired) electrons. The molecule has 1 aliphatic heterocycles. The van der Waals surface area contributed by atoms with E-state index in [0.29, 0.717) is 18.7 Å². The van der Waals surface area contributed by atoms with Crippen molar-refractivity contribution in [3.05, 3.63) is 35.4 Å². The smallest absolute Gasteiger partial charge is 0.155 e. The molecule has 2 unspecified atom stereocenters. The van der Waals surface area contributed by atoms with E-state index in [2.05, 4.69) is 17.9 Å². The number of hydrogen-bond donors (Lipinski definition) is 0. The third-order valence-electron chi connectivity index (χ3n) is 3.84. The van der Waals surface area contributed by atoms with Crippen LogP contribution in [0.5, 0.6) is 0 Å². The number of benzene rings is 1. The Kier molecular flexibility index (Phi) is 3.93. The van der Waals surface area contributed by atoms with Crippen LogP contribution >= 0.6 is 0 Å². The lowest BCUT2D eigenvalue weighted by Crippen LogP contribution is -2.46. The van der Waals surface area contributed by atoms with Crippen LogP contribution in [0.25, 0.3) is 0 Å². The number of nitriles is 1. The van der Waals surface area contributed by atoms with Crippen LogP contribution < -0.4 is 0 Å². The molecule has 19 heavy (non-hydrogen) atoms. The summed E-state index contributed by atoms with van der Waals surface area (Å²) in [6, 6.07) is 9.76. The minimum absolute atomic E-state index is 0.172. The topological polar surface area (TPSA) is 61.2 Å². The Bertz CT molecular complexity index is 587. The Morgan fingerprint density at radius 2 is 2.00 bits per heavy atom. The zero-order valence-corrected chi connectivity index (χ0v) is 12.0. The second-order valence-corrected chi connectivity index (χ2v) is 7.62. The molecule has 0 bridgehead atoms. The van der Waals surface area contributed by atoms with Gasteiger partial charge in [0.2, 0.25) is 0 Å². The van der Waals surface area contributed by atoms with Crippen LogP contribution in [0.3, 0.4) is 0 Å². The highest BCUT2D eigenvalue weighted by Crippen LogP contribution is 2.24. The maximum atomic E-state index is 11.7. The van der Waals surface area contributed by atoms with Crippen molar-refractivity contribution < 1.29 is 8.42 Å². The van der Waals surface area contributed by atoms with Gasteiger partial charge in [-0.25, -0.2) is 8.42 Å². The van der Waals surface area contributed by atoms with Crippen LogP contribution in [0.4, 0.5) is 0 Å². The van der Waals surface area contributed by atoms with Gasteiger partial charge in [-0.1, -0.05) is 12.1 Å². The zero-order valence-electron chi connectivity index (χ0n) is 11.2. The fraction of sp³-hybridized carbons (Fsp3) is 0.500. The molecule has 5 heteroatoms. The van der Waals surface area contributed by atoms with E-state index < -0.39 is 9.84 Å².